The van der Waals surface area contributed by atoms with Crippen molar-refractivity contribution in [2.24, 2.45) is 5.92 Å². The highest BCUT2D eigenvalue weighted by atomic mass is 16.6. The zero-order valence-electron chi connectivity index (χ0n) is 11.0. The van der Waals surface area contributed by atoms with Crippen molar-refractivity contribution in [2.45, 2.75) is 57.0 Å². The first-order chi connectivity index (χ1) is 8.73. The molecule has 0 aromatic rings. The average molecular weight is 256 g/mol. The Morgan fingerprint density at radius 3 is 2.39 bits per heavy atom. The predicted octanol–water partition coefficient (Wildman–Crippen LogP) is 2.61. The van der Waals surface area contributed by atoms with Gasteiger partial charge in [0.05, 0.1) is 13.2 Å². The lowest BCUT2D eigenvalue weighted by atomic mass is 9.92. The Morgan fingerprint density at radius 2 is 1.83 bits per heavy atom. The van der Waals surface area contributed by atoms with Crippen LogP contribution in [0.4, 0.5) is 0 Å². The van der Waals surface area contributed by atoms with Crippen molar-refractivity contribution >= 4 is 5.97 Å². The zero-order valence-corrected chi connectivity index (χ0v) is 11.0. The third-order valence-electron chi connectivity index (χ3n) is 4.11. The van der Waals surface area contributed by atoms with E-state index in [4.69, 9.17) is 14.6 Å². The molecule has 0 bridgehead atoms. The molecule has 1 N–H and O–H groups in total. The highest BCUT2D eigenvalue weighted by Gasteiger charge is 2.52. The van der Waals surface area contributed by atoms with Gasteiger partial charge in [-0.05, 0) is 18.8 Å². The monoisotopic (exact) mass is 256 g/mol. The number of rotatable bonds is 6. The molecule has 0 aromatic heterocycles. The molecule has 1 atom stereocenters. The first-order valence-electron chi connectivity index (χ1n) is 7.18. The van der Waals surface area contributed by atoms with Gasteiger partial charge in [-0.25, -0.2) is 4.79 Å². The minimum Gasteiger partial charge on any atom is -0.479 e. The highest BCUT2D eigenvalue weighted by Crippen LogP contribution is 2.31. The van der Waals surface area contributed by atoms with Crippen molar-refractivity contribution < 1.29 is 19.4 Å². The fourth-order valence-corrected chi connectivity index (χ4v) is 2.66. The molecule has 104 valence electrons. The second-order valence-electron chi connectivity index (χ2n) is 5.62. The van der Waals surface area contributed by atoms with Crippen LogP contribution >= 0.6 is 0 Å². The van der Waals surface area contributed by atoms with Crippen LogP contribution in [-0.4, -0.2) is 36.5 Å². The quantitative estimate of drug-likeness (QED) is 0.586. The number of carboxylic acids is 1. The molecule has 1 aliphatic heterocycles. The van der Waals surface area contributed by atoms with E-state index in [9.17, 15) is 4.79 Å². The molecule has 2 rings (SSSR count). The lowest BCUT2D eigenvalue weighted by Crippen LogP contribution is -2.26. The Labute approximate surface area is 109 Å². The van der Waals surface area contributed by atoms with Gasteiger partial charge in [0, 0.05) is 13.0 Å². The summed E-state index contributed by atoms with van der Waals surface area (Å²) in [6, 6.07) is 0. The summed E-state index contributed by atoms with van der Waals surface area (Å²) < 4.78 is 10.7. The number of hydrogen-bond donors (Lipinski definition) is 1. The number of epoxide rings is 1. The van der Waals surface area contributed by atoms with E-state index in [0.717, 1.165) is 6.61 Å². The fourth-order valence-electron chi connectivity index (χ4n) is 2.66. The van der Waals surface area contributed by atoms with Crippen LogP contribution < -0.4 is 0 Å². The van der Waals surface area contributed by atoms with Gasteiger partial charge in [0.2, 0.25) is 0 Å². The first-order valence-corrected chi connectivity index (χ1v) is 7.18. The summed E-state index contributed by atoms with van der Waals surface area (Å²) >= 11 is 0. The van der Waals surface area contributed by atoms with Gasteiger partial charge in [0.15, 0.2) is 5.60 Å². The van der Waals surface area contributed by atoms with Crippen LogP contribution in [0.1, 0.15) is 51.4 Å². The number of aliphatic carboxylic acids is 1. The Morgan fingerprint density at radius 1 is 1.22 bits per heavy atom. The summed E-state index contributed by atoms with van der Waals surface area (Å²) in [6.45, 7) is 1.63. The van der Waals surface area contributed by atoms with Crippen molar-refractivity contribution in [3.63, 3.8) is 0 Å². The first kappa shape index (κ1) is 13.8. The molecule has 0 spiro atoms. The van der Waals surface area contributed by atoms with Crippen molar-refractivity contribution in [3.8, 4) is 0 Å². The number of hydrogen-bond acceptors (Lipinski definition) is 3. The van der Waals surface area contributed by atoms with Gasteiger partial charge in [0.25, 0.3) is 0 Å². The van der Waals surface area contributed by atoms with Crippen LogP contribution in [0.5, 0.6) is 0 Å². The smallest absolute Gasteiger partial charge is 0.338 e. The summed E-state index contributed by atoms with van der Waals surface area (Å²) in [5.41, 5.74) is -0.916. The van der Waals surface area contributed by atoms with Gasteiger partial charge in [0.1, 0.15) is 0 Å². The summed E-state index contributed by atoms with van der Waals surface area (Å²) in [5.74, 6) is -0.178. The van der Waals surface area contributed by atoms with E-state index in [1.165, 1.54) is 44.9 Å². The molecule has 1 aliphatic carbocycles. The van der Waals surface area contributed by atoms with Gasteiger partial charge < -0.3 is 14.6 Å². The van der Waals surface area contributed by atoms with E-state index in [1.807, 2.05) is 0 Å². The Balaban J connectivity index is 1.58. The van der Waals surface area contributed by atoms with Gasteiger partial charge in [-0.3, -0.25) is 0 Å². The predicted molar refractivity (Wildman–Crippen MR) is 67.6 cm³/mol. The fraction of sp³-hybridized carbons (Fsp3) is 0.929. The average Bonchev–Trinajstić information content (AvgIpc) is 3.07. The van der Waals surface area contributed by atoms with E-state index >= 15 is 0 Å². The molecular weight excluding hydrogens is 232 g/mol. The second-order valence-corrected chi connectivity index (χ2v) is 5.62. The Bertz CT molecular complexity index is 265. The summed E-state index contributed by atoms with van der Waals surface area (Å²) in [7, 11) is 0. The van der Waals surface area contributed by atoms with Crippen molar-refractivity contribution in [2.75, 3.05) is 19.8 Å². The molecule has 4 heteroatoms. The normalized spacial score (nSPS) is 29.6. The van der Waals surface area contributed by atoms with Crippen LogP contribution in [0.3, 0.4) is 0 Å². The third kappa shape index (κ3) is 3.95. The lowest BCUT2D eigenvalue weighted by molar-refractivity contribution is -0.144. The molecule has 1 saturated heterocycles. The molecule has 0 aromatic carbocycles. The van der Waals surface area contributed by atoms with Gasteiger partial charge >= 0.3 is 5.97 Å². The van der Waals surface area contributed by atoms with Crippen molar-refractivity contribution in [1.29, 1.82) is 0 Å². The molecule has 18 heavy (non-hydrogen) atoms. The largest absolute Gasteiger partial charge is 0.479 e. The number of ether oxygens (including phenoxy) is 2. The van der Waals surface area contributed by atoms with Crippen molar-refractivity contribution in [3.05, 3.63) is 0 Å². The third-order valence-corrected chi connectivity index (χ3v) is 4.11. The van der Waals surface area contributed by atoms with E-state index in [1.54, 1.807) is 0 Å². The van der Waals surface area contributed by atoms with Crippen LogP contribution in [0.2, 0.25) is 0 Å². The minimum atomic E-state index is -0.916. The summed E-state index contributed by atoms with van der Waals surface area (Å²) in [4.78, 5) is 10.9. The standard InChI is InChI=1S/C14H24O4/c15-13(16)14(11-18-14)8-9-17-10-12-6-4-2-1-3-5-7-12/h12H,1-11H2,(H,15,16). The molecule has 0 radical (unpaired) electrons. The SMILES string of the molecule is O=C(O)C1(CCOCC2CCCCCCC2)CO1. The molecule has 0 amide bonds. The van der Waals surface area contributed by atoms with Crippen LogP contribution in [0, 0.1) is 5.92 Å². The summed E-state index contributed by atoms with van der Waals surface area (Å²) in [5, 5.41) is 8.94. The Hall–Kier alpha value is -0.610. The minimum absolute atomic E-state index is 0.342. The van der Waals surface area contributed by atoms with Gasteiger partial charge in [-0.15, -0.1) is 0 Å². The van der Waals surface area contributed by atoms with E-state index < -0.39 is 11.6 Å². The molecule has 1 unspecified atom stereocenters. The number of carboxylic acid groups (broad SMARTS) is 1. The highest BCUT2D eigenvalue weighted by molar-refractivity contribution is 5.80. The maximum Gasteiger partial charge on any atom is 0.338 e. The second kappa shape index (κ2) is 6.53. The molecule has 1 saturated carbocycles. The Kier molecular flexibility index (Phi) is 5.01. The van der Waals surface area contributed by atoms with E-state index in [-0.39, 0.29) is 0 Å². The topological polar surface area (TPSA) is 59.1 Å². The lowest BCUT2D eigenvalue weighted by Gasteiger charge is -2.19. The summed E-state index contributed by atoms with van der Waals surface area (Å²) in [6.07, 6.45) is 9.73. The molecule has 1 heterocycles. The van der Waals surface area contributed by atoms with E-state index in [0.29, 0.717) is 25.6 Å². The maximum absolute atomic E-state index is 10.9. The van der Waals surface area contributed by atoms with Crippen LogP contribution in [0.25, 0.3) is 0 Å². The van der Waals surface area contributed by atoms with E-state index in [2.05, 4.69) is 0 Å². The van der Waals surface area contributed by atoms with Crippen LogP contribution in [-0.2, 0) is 14.3 Å². The molecule has 4 nitrogen and oxygen atoms in total. The van der Waals surface area contributed by atoms with Crippen molar-refractivity contribution in [1.82, 2.24) is 0 Å². The maximum atomic E-state index is 10.9. The molecule has 2 aliphatic rings. The van der Waals surface area contributed by atoms with Crippen LogP contribution in [0.15, 0.2) is 0 Å². The molecular formula is C14H24O4. The van der Waals surface area contributed by atoms with Gasteiger partial charge in [-0.2, -0.15) is 0 Å². The van der Waals surface area contributed by atoms with Gasteiger partial charge in [-0.1, -0.05) is 32.1 Å². The zero-order chi connectivity index (χ0) is 12.8. The molecule has 2 fully saturated rings. The number of carbonyl (C=O) groups is 1.